The van der Waals surface area contributed by atoms with Crippen LogP contribution >= 0.6 is 11.3 Å². The number of benzene rings is 1. The van der Waals surface area contributed by atoms with Gasteiger partial charge in [0.2, 0.25) is 0 Å². The number of aliphatic hydroxyl groups is 1. The van der Waals surface area contributed by atoms with Crippen LogP contribution in [-0.2, 0) is 6.42 Å². The number of aliphatic hydroxyl groups excluding tert-OH is 1. The van der Waals surface area contributed by atoms with Crippen molar-refractivity contribution in [2.75, 3.05) is 11.4 Å². The van der Waals surface area contributed by atoms with Gasteiger partial charge in [0.15, 0.2) is 0 Å². The fourth-order valence-electron chi connectivity index (χ4n) is 3.70. The minimum Gasteiger partial charge on any atom is -0.388 e. The Balaban J connectivity index is 1.60. The van der Waals surface area contributed by atoms with Crippen molar-refractivity contribution in [1.29, 1.82) is 0 Å². The average Bonchev–Trinajstić information content (AvgIpc) is 3.30. The summed E-state index contributed by atoms with van der Waals surface area (Å²) in [6, 6.07) is 8.43. The fourth-order valence-corrected chi connectivity index (χ4v) is 4.48. The van der Waals surface area contributed by atoms with Crippen LogP contribution in [0.5, 0.6) is 0 Å². The lowest BCUT2D eigenvalue weighted by molar-refractivity contribution is 0.158. The summed E-state index contributed by atoms with van der Waals surface area (Å²) in [6.45, 7) is 3.00. The predicted octanol–water partition coefficient (Wildman–Crippen LogP) is 4.49. The molecule has 4 nitrogen and oxygen atoms in total. The predicted molar refractivity (Wildman–Crippen MR) is 103 cm³/mol. The lowest BCUT2D eigenvalue weighted by atomic mass is 10.0. The molecule has 1 saturated heterocycles. The van der Waals surface area contributed by atoms with E-state index in [1.807, 2.05) is 0 Å². The molecule has 1 N–H and O–H groups in total. The minimum absolute atomic E-state index is 0.220. The maximum atomic E-state index is 13.1. The van der Waals surface area contributed by atoms with E-state index < -0.39 is 6.10 Å². The summed E-state index contributed by atoms with van der Waals surface area (Å²) in [5.41, 5.74) is 0.760. The Hall–Kier alpha value is -2.05. The van der Waals surface area contributed by atoms with Crippen LogP contribution in [0.4, 0.5) is 10.2 Å². The van der Waals surface area contributed by atoms with Gasteiger partial charge in [0.25, 0.3) is 0 Å². The minimum atomic E-state index is -0.605. The molecule has 1 aliphatic rings. The first kappa shape index (κ1) is 17.4. The van der Waals surface area contributed by atoms with Crippen LogP contribution in [-0.4, -0.2) is 27.7 Å². The topological polar surface area (TPSA) is 49.2 Å². The van der Waals surface area contributed by atoms with Crippen molar-refractivity contribution >= 4 is 27.4 Å². The van der Waals surface area contributed by atoms with Gasteiger partial charge in [0, 0.05) is 19.0 Å². The molecule has 0 amide bonds. The molecule has 1 aliphatic heterocycles. The van der Waals surface area contributed by atoms with Gasteiger partial charge in [0.05, 0.1) is 11.5 Å². The number of aromatic nitrogens is 2. The zero-order chi connectivity index (χ0) is 18.1. The summed E-state index contributed by atoms with van der Waals surface area (Å²) in [4.78, 5) is 12.8. The van der Waals surface area contributed by atoms with Gasteiger partial charge < -0.3 is 10.0 Å². The number of halogens is 1. The van der Waals surface area contributed by atoms with E-state index in [0.29, 0.717) is 6.42 Å². The van der Waals surface area contributed by atoms with Gasteiger partial charge in [-0.1, -0.05) is 19.1 Å². The van der Waals surface area contributed by atoms with E-state index in [1.54, 1.807) is 23.5 Å². The maximum absolute atomic E-state index is 13.1. The zero-order valence-corrected chi connectivity index (χ0v) is 15.5. The number of hydrogen-bond acceptors (Lipinski definition) is 5. The molecule has 3 heterocycles. The second-order valence-corrected chi connectivity index (χ2v) is 7.64. The molecule has 2 unspecified atom stereocenters. The molecule has 0 spiro atoms. The number of aryl methyl sites for hydroxylation is 1. The molecular weight excluding hydrogens is 349 g/mol. The quantitative estimate of drug-likeness (QED) is 0.718. The maximum Gasteiger partial charge on any atom is 0.141 e. The van der Waals surface area contributed by atoms with Crippen molar-refractivity contribution in [2.45, 2.75) is 44.8 Å². The Labute approximate surface area is 156 Å². The van der Waals surface area contributed by atoms with Crippen LogP contribution in [0.1, 0.15) is 43.7 Å². The van der Waals surface area contributed by atoms with Crippen LogP contribution in [0.15, 0.2) is 35.7 Å². The summed E-state index contributed by atoms with van der Waals surface area (Å²) < 4.78 is 13.1. The van der Waals surface area contributed by atoms with Crippen molar-refractivity contribution in [2.24, 2.45) is 0 Å². The first-order valence-electron chi connectivity index (χ1n) is 9.10. The summed E-state index contributed by atoms with van der Waals surface area (Å²) >= 11 is 1.64. The van der Waals surface area contributed by atoms with Gasteiger partial charge in [-0.2, -0.15) is 0 Å². The summed E-state index contributed by atoms with van der Waals surface area (Å²) in [5.74, 6) is 1.57. The molecule has 4 rings (SSSR count). The van der Waals surface area contributed by atoms with Crippen LogP contribution < -0.4 is 4.90 Å². The molecule has 2 atom stereocenters. The van der Waals surface area contributed by atoms with Crippen molar-refractivity contribution in [3.63, 3.8) is 0 Å². The lowest BCUT2D eigenvalue weighted by Crippen LogP contribution is -2.32. The largest absolute Gasteiger partial charge is 0.388 e. The second kappa shape index (κ2) is 7.29. The molecule has 3 aromatic rings. The molecule has 136 valence electrons. The normalized spacial score (nSPS) is 18.6. The molecular formula is C20H22FN3OS. The highest BCUT2D eigenvalue weighted by Crippen LogP contribution is 2.35. The third kappa shape index (κ3) is 3.31. The summed E-state index contributed by atoms with van der Waals surface area (Å²) in [6.07, 6.45) is 2.92. The Morgan fingerprint density at radius 2 is 2.08 bits per heavy atom. The third-order valence-corrected chi connectivity index (χ3v) is 5.87. The lowest BCUT2D eigenvalue weighted by Gasteiger charge is -2.28. The van der Waals surface area contributed by atoms with E-state index in [-0.39, 0.29) is 11.9 Å². The Kier molecular flexibility index (Phi) is 4.87. The molecule has 0 bridgehead atoms. The standard InChI is InChI=1S/C20H22FN3OS/c1-2-18-22-19(16-9-11-26-20(16)23-18)24-10-3-4-15(24)12-17(25)13-5-7-14(21)8-6-13/h5-9,11,15,17,25H,2-4,10,12H2,1H3. The summed E-state index contributed by atoms with van der Waals surface area (Å²) in [5, 5.41) is 13.8. The van der Waals surface area contributed by atoms with E-state index in [9.17, 15) is 9.50 Å². The number of thiophene rings is 1. The number of anilines is 1. The number of hydrogen-bond donors (Lipinski definition) is 1. The molecule has 0 aliphatic carbocycles. The van der Waals surface area contributed by atoms with E-state index in [0.717, 1.165) is 53.2 Å². The number of fused-ring (bicyclic) bond motifs is 1. The average molecular weight is 371 g/mol. The van der Waals surface area contributed by atoms with Crippen molar-refractivity contribution in [3.05, 3.63) is 52.9 Å². The molecule has 2 aromatic heterocycles. The Morgan fingerprint density at radius 3 is 2.85 bits per heavy atom. The van der Waals surface area contributed by atoms with Crippen LogP contribution in [0.25, 0.3) is 10.2 Å². The Morgan fingerprint density at radius 1 is 1.27 bits per heavy atom. The van der Waals surface area contributed by atoms with Gasteiger partial charge in [-0.05, 0) is 48.4 Å². The van der Waals surface area contributed by atoms with Gasteiger partial charge >= 0.3 is 0 Å². The van der Waals surface area contributed by atoms with Gasteiger partial charge in [-0.15, -0.1) is 11.3 Å². The van der Waals surface area contributed by atoms with Crippen LogP contribution in [0, 0.1) is 5.82 Å². The SMILES string of the molecule is CCc1nc(N2CCCC2CC(O)c2ccc(F)cc2)c2ccsc2n1. The molecule has 1 aromatic carbocycles. The molecule has 0 saturated carbocycles. The second-order valence-electron chi connectivity index (χ2n) is 6.75. The smallest absolute Gasteiger partial charge is 0.141 e. The van der Waals surface area contributed by atoms with E-state index in [4.69, 9.17) is 4.98 Å². The Bertz CT molecular complexity index is 896. The van der Waals surface area contributed by atoms with Crippen LogP contribution in [0.3, 0.4) is 0 Å². The fraction of sp³-hybridized carbons (Fsp3) is 0.400. The molecule has 0 radical (unpaired) electrons. The van der Waals surface area contributed by atoms with Gasteiger partial charge in [-0.3, -0.25) is 0 Å². The number of rotatable bonds is 5. The first-order chi connectivity index (χ1) is 12.7. The molecule has 6 heteroatoms. The molecule has 1 fully saturated rings. The van der Waals surface area contributed by atoms with Gasteiger partial charge in [0.1, 0.15) is 22.3 Å². The van der Waals surface area contributed by atoms with Crippen molar-refractivity contribution < 1.29 is 9.50 Å². The highest BCUT2D eigenvalue weighted by Gasteiger charge is 2.30. The van der Waals surface area contributed by atoms with Gasteiger partial charge in [-0.25, -0.2) is 14.4 Å². The third-order valence-electron chi connectivity index (χ3n) is 5.07. The highest BCUT2D eigenvalue weighted by molar-refractivity contribution is 7.16. The monoisotopic (exact) mass is 371 g/mol. The first-order valence-corrected chi connectivity index (χ1v) is 9.98. The highest BCUT2D eigenvalue weighted by atomic mass is 32.1. The van der Waals surface area contributed by atoms with E-state index in [1.165, 1.54) is 12.1 Å². The van der Waals surface area contributed by atoms with Crippen molar-refractivity contribution in [3.8, 4) is 0 Å². The number of nitrogens with zero attached hydrogens (tertiary/aromatic N) is 3. The van der Waals surface area contributed by atoms with E-state index in [2.05, 4.69) is 28.3 Å². The van der Waals surface area contributed by atoms with Crippen molar-refractivity contribution in [1.82, 2.24) is 9.97 Å². The zero-order valence-electron chi connectivity index (χ0n) is 14.7. The summed E-state index contributed by atoms with van der Waals surface area (Å²) in [7, 11) is 0. The van der Waals surface area contributed by atoms with Crippen LogP contribution in [0.2, 0.25) is 0 Å². The van der Waals surface area contributed by atoms with E-state index >= 15 is 0 Å². The molecule has 26 heavy (non-hydrogen) atoms.